The van der Waals surface area contributed by atoms with Gasteiger partial charge in [-0.25, -0.2) is 9.78 Å². The number of fused-ring (bicyclic) bond motifs is 1. The molecule has 3 aromatic rings. The molecule has 0 saturated heterocycles. The van der Waals surface area contributed by atoms with Gasteiger partial charge in [0.2, 0.25) is 11.8 Å². The molecule has 0 unspecified atom stereocenters. The minimum absolute atomic E-state index is 0.0567. The summed E-state index contributed by atoms with van der Waals surface area (Å²) in [5.41, 5.74) is 5.46. The molecule has 4 amide bonds. The number of hydrogen-bond donors (Lipinski definition) is 3. The molecule has 1 fully saturated rings. The summed E-state index contributed by atoms with van der Waals surface area (Å²) in [6.07, 6.45) is 3.19. The number of primary amides is 1. The van der Waals surface area contributed by atoms with Crippen molar-refractivity contribution in [1.82, 2.24) is 30.0 Å². The Morgan fingerprint density at radius 3 is 2.56 bits per heavy atom. The van der Waals surface area contributed by atoms with Crippen LogP contribution in [0.3, 0.4) is 0 Å². The third kappa shape index (κ3) is 7.07. The highest BCUT2D eigenvalue weighted by molar-refractivity contribution is 9.10. The fourth-order valence-corrected chi connectivity index (χ4v) is 4.55. The Balaban J connectivity index is 1.50. The molecule has 14 heteroatoms. The molecular weight excluding hydrogens is 572 g/mol. The molecule has 4 rings (SSSR count). The summed E-state index contributed by atoms with van der Waals surface area (Å²) in [4.78, 5) is 60.1. The number of nitrogens with two attached hydrogens (primary N) is 1. The molecule has 0 spiro atoms. The van der Waals surface area contributed by atoms with E-state index >= 15 is 0 Å². The Hall–Kier alpha value is -4.07. The summed E-state index contributed by atoms with van der Waals surface area (Å²) in [5.74, 6) is -1.35. The zero-order chi connectivity index (χ0) is 28.3. The fourth-order valence-electron chi connectivity index (χ4n) is 4.24. The molecule has 0 radical (unpaired) electrons. The molecule has 1 aliphatic rings. The number of para-hydroxylation sites is 1. The average Bonchev–Trinajstić information content (AvgIpc) is 3.17. The van der Waals surface area contributed by atoms with Crippen molar-refractivity contribution in [2.45, 2.75) is 57.8 Å². The van der Waals surface area contributed by atoms with E-state index in [2.05, 4.69) is 41.6 Å². The van der Waals surface area contributed by atoms with E-state index in [9.17, 15) is 19.2 Å². The van der Waals surface area contributed by atoms with Crippen molar-refractivity contribution in [2.75, 3.05) is 11.9 Å². The number of benzene rings is 1. The largest absolute Gasteiger partial charge is 0.444 e. The highest BCUT2D eigenvalue weighted by Gasteiger charge is 2.38. The number of hydrogen-bond acceptors (Lipinski definition) is 8. The van der Waals surface area contributed by atoms with E-state index in [0.29, 0.717) is 28.3 Å². The maximum atomic E-state index is 13.5. The minimum atomic E-state index is -0.709. The Morgan fingerprint density at radius 1 is 1.18 bits per heavy atom. The number of carbonyl (C=O) groups excluding carboxylic acids is 4. The summed E-state index contributed by atoms with van der Waals surface area (Å²) in [5, 5.41) is 10.2. The zero-order valence-electron chi connectivity index (χ0n) is 21.7. The Bertz CT molecular complexity index is 1410. The van der Waals surface area contributed by atoms with E-state index < -0.39 is 29.4 Å². The van der Waals surface area contributed by atoms with E-state index in [1.165, 1.54) is 22.0 Å². The first kappa shape index (κ1) is 28.0. The van der Waals surface area contributed by atoms with Crippen molar-refractivity contribution in [3.8, 4) is 0 Å². The number of ether oxygens (including phenoxy) is 1. The first-order valence-electron chi connectivity index (χ1n) is 12.2. The highest BCUT2D eigenvalue weighted by Crippen LogP contribution is 2.27. The van der Waals surface area contributed by atoms with Crippen LogP contribution in [0.2, 0.25) is 0 Å². The van der Waals surface area contributed by atoms with Crippen molar-refractivity contribution in [2.24, 2.45) is 5.73 Å². The number of nitrogens with zero attached hydrogens (tertiary/aromatic N) is 5. The molecule has 206 valence electrons. The van der Waals surface area contributed by atoms with Gasteiger partial charge in [0.05, 0.1) is 17.9 Å². The molecule has 4 N–H and O–H groups in total. The molecule has 1 aromatic carbocycles. The summed E-state index contributed by atoms with van der Waals surface area (Å²) < 4.78 is 7.15. The van der Waals surface area contributed by atoms with E-state index in [1.54, 1.807) is 45.0 Å². The van der Waals surface area contributed by atoms with Crippen LogP contribution in [0, 0.1) is 0 Å². The van der Waals surface area contributed by atoms with Crippen molar-refractivity contribution in [3.63, 3.8) is 0 Å². The van der Waals surface area contributed by atoms with E-state index in [-0.39, 0.29) is 36.7 Å². The van der Waals surface area contributed by atoms with Gasteiger partial charge < -0.3 is 26.0 Å². The first-order chi connectivity index (χ1) is 18.4. The van der Waals surface area contributed by atoms with E-state index in [1.807, 2.05) is 0 Å². The third-order valence-corrected chi connectivity index (χ3v) is 6.34. The molecule has 2 aromatic heterocycles. The lowest BCUT2D eigenvalue weighted by molar-refractivity contribution is -0.140. The second-order valence-corrected chi connectivity index (χ2v) is 11.0. The van der Waals surface area contributed by atoms with Gasteiger partial charge >= 0.3 is 6.09 Å². The predicted molar refractivity (Wildman–Crippen MR) is 145 cm³/mol. The van der Waals surface area contributed by atoms with Gasteiger partial charge in [-0.1, -0.05) is 18.2 Å². The molecule has 1 saturated carbocycles. The molecule has 13 nitrogen and oxygen atoms in total. The highest BCUT2D eigenvalue weighted by atomic mass is 79.9. The van der Waals surface area contributed by atoms with Crippen LogP contribution in [-0.2, 0) is 20.9 Å². The third-order valence-electron chi connectivity index (χ3n) is 5.96. The molecular formula is C25H29BrN8O5. The predicted octanol–water partition coefficient (Wildman–Crippen LogP) is 2.21. The molecule has 39 heavy (non-hydrogen) atoms. The Morgan fingerprint density at radius 2 is 1.90 bits per heavy atom. The van der Waals surface area contributed by atoms with Crippen molar-refractivity contribution in [3.05, 3.63) is 47.0 Å². The quantitative estimate of drug-likeness (QED) is 0.352. The van der Waals surface area contributed by atoms with Crippen LogP contribution in [0.15, 0.2) is 41.3 Å². The summed E-state index contributed by atoms with van der Waals surface area (Å²) in [6, 6.07) is 6.40. The van der Waals surface area contributed by atoms with Gasteiger partial charge in [-0.3, -0.25) is 24.0 Å². The van der Waals surface area contributed by atoms with Gasteiger partial charge in [-0.05, 0) is 55.6 Å². The standard InChI is InChI=1S/C25H29BrN8O5/c1-25(2,3)39-24(38)29-14-8-15(9-14)33(12-20(35)31-19-11-28-10-18(26)30-19)21(36)13-34-17-7-5-4-6-16(17)22(32-34)23(27)37/h4-7,10-11,14-15H,8-9,12-13H2,1-3H3,(H2,27,37)(H,29,38)(H,30,31,35)/t14-,15-. The maximum absolute atomic E-state index is 13.5. The second kappa shape index (κ2) is 11.4. The topological polar surface area (TPSA) is 174 Å². The van der Waals surface area contributed by atoms with Crippen LogP contribution in [0.25, 0.3) is 10.9 Å². The van der Waals surface area contributed by atoms with E-state index in [4.69, 9.17) is 10.5 Å². The van der Waals surface area contributed by atoms with Gasteiger partial charge in [0.15, 0.2) is 11.5 Å². The zero-order valence-corrected chi connectivity index (χ0v) is 23.3. The van der Waals surface area contributed by atoms with Crippen LogP contribution >= 0.6 is 15.9 Å². The van der Waals surface area contributed by atoms with Crippen LogP contribution in [0.1, 0.15) is 44.1 Å². The van der Waals surface area contributed by atoms with Gasteiger partial charge in [0.25, 0.3) is 5.91 Å². The summed E-state index contributed by atoms with van der Waals surface area (Å²) in [6.45, 7) is 4.82. The lowest BCUT2D eigenvalue weighted by Crippen LogP contribution is -2.57. The minimum Gasteiger partial charge on any atom is -0.444 e. The number of halogens is 1. The second-order valence-electron chi connectivity index (χ2n) is 10.2. The summed E-state index contributed by atoms with van der Waals surface area (Å²) in [7, 11) is 0. The molecule has 0 aliphatic heterocycles. The SMILES string of the molecule is CC(C)(C)OC(=O)N[C@H]1C[C@H](N(CC(=O)Nc2cncc(Br)n2)C(=O)Cn2nc(C(N)=O)c3ccccc32)C1. The van der Waals surface area contributed by atoms with Crippen molar-refractivity contribution >= 4 is 56.5 Å². The maximum Gasteiger partial charge on any atom is 0.407 e. The van der Waals surface area contributed by atoms with Crippen LogP contribution in [-0.4, -0.2) is 72.7 Å². The number of nitrogens with one attached hydrogen (secondary N) is 2. The van der Waals surface area contributed by atoms with Gasteiger partial charge in [-0.2, -0.15) is 5.10 Å². The Labute approximate surface area is 232 Å². The van der Waals surface area contributed by atoms with Crippen LogP contribution in [0.5, 0.6) is 0 Å². The fraction of sp³-hybridized carbons (Fsp3) is 0.400. The average molecular weight is 601 g/mol. The lowest BCUT2D eigenvalue weighted by Gasteiger charge is -2.42. The molecule has 0 bridgehead atoms. The van der Waals surface area contributed by atoms with Gasteiger partial charge in [-0.15, -0.1) is 0 Å². The number of aromatic nitrogens is 4. The molecule has 2 heterocycles. The van der Waals surface area contributed by atoms with Crippen LogP contribution in [0.4, 0.5) is 10.6 Å². The first-order valence-corrected chi connectivity index (χ1v) is 13.0. The summed E-state index contributed by atoms with van der Waals surface area (Å²) >= 11 is 3.21. The lowest BCUT2D eigenvalue weighted by atomic mass is 9.85. The number of carbonyl (C=O) groups is 4. The van der Waals surface area contributed by atoms with Gasteiger partial charge in [0, 0.05) is 17.5 Å². The number of amides is 4. The van der Waals surface area contributed by atoms with Crippen molar-refractivity contribution < 1.29 is 23.9 Å². The monoisotopic (exact) mass is 600 g/mol. The van der Waals surface area contributed by atoms with Crippen molar-refractivity contribution in [1.29, 1.82) is 0 Å². The number of rotatable bonds is 8. The number of alkyl carbamates (subject to hydrolysis) is 1. The van der Waals surface area contributed by atoms with Gasteiger partial charge in [0.1, 0.15) is 23.3 Å². The number of anilines is 1. The normalized spacial score (nSPS) is 16.7. The molecule has 0 atom stereocenters. The smallest absolute Gasteiger partial charge is 0.407 e. The van der Waals surface area contributed by atoms with E-state index in [0.717, 1.165) is 0 Å². The molecule has 1 aliphatic carbocycles. The Kier molecular flexibility index (Phi) is 8.14. The van der Waals surface area contributed by atoms with Crippen LogP contribution < -0.4 is 16.4 Å².